The number of aromatic amines is 2. The number of ketones is 1. The zero-order valence-corrected chi connectivity index (χ0v) is 20.8. The third-order valence-corrected chi connectivity index (χ3v) is 7.03. The first kappa shape index (κ1) is 23.0. The Kier molecular flexibility index (Phi) is 5.53. The molecule has 1 saturated heterocycles. The molecule has 0 saturated carbocycles. The number of H-pyrrole nitrogens is 2. The number of hydrogen-bond donors (Lipinski definition) is 3. The van der Waals surface area contributed by atoms with Crippen LogP contribution < -0.4 is 5.73 Å². The summed E-state index contributed by atoms with van der Waals surface area (Å²) in [7, 11) is 0. The second kappa shape index (κ2) is 8.90. The van der Waals surface area contributed by atoms with Crippen molar-refractivity contribution in [2.24, 2.45) is 0 Å². The molecular weight excluding hydrogens is 468 g/mol. The molecule has 1 amide bonds. The average molecular weight is 497 g/mol. The van der Waals surface area contributed by atoms with E-state index in [1.165, 1.54) is 11.8 Å². The number of nitrogens with zero attached hydrogens (tertiary/aromatic N) is 5. The average Bonchev–Trinajstić information content (AvgIpc) is 3.58. The highest BCUT2D eigenvalue weighted by Crippen LogP contribution is 2.25. The Morgan fingerprint density at radius 3 is 2.59 bits per heavy atom. The minimum Gasteiger partial charge on any atom is -0.383 e. The zero-order valence-electron chi connectivity index (χ0n) is 20.8. The van der Waals surface area contributed by atoms with E-state index < -0.39 is 0 Å². The molecule has 1 aliphatic heterocycles. The summed E-state index contributed by atoms with van der Waals surface area (Å²) < 4.78 is 1.56. The van der Waals surface area contributed by atoms with Gasteiger partial charge in [-0.25, -0.2) is 9.67 Å². The number of nitrogen functional groups attached to an aromatic ring is 1. The minimum atomic E-state index is -0.208. The van der Waals surface area contributed by atoms with Crippen molar-refractivity contribution in [2.45, 2.75) is 20.4 Å². The highest BCUT2D eigenvalue weighted by molar-refractivity contribution is 6.12. The topological polar surface area (TPSA) is 129 Å². The van der Waals surface area contributed by atoms with Crippen LogP contribution in [0.2, 0.25) is 0 Å². The van der Waals surface area contributed by atoms with Gasteiger partial charge in [0.25, 0.3) is 0 Å². The van der Waals surface area contributed by atoms with Crippen molar-refractivity contribution in [1.29, 1.82) is 0 Å². The van der Waals surface area contributed by atoms with E-state index >= 15 is 0 Å². The molecule has 37 heavy (non-hydrogen) atoms. The molecule has 1 fully saturated rings. The van der Waals surface area contributed by atoms with E-state index in [2.05, 4.69) is 37.1 Å². The molecule has 4 heterocycles. The fourth-order valence-electron chi connectivity index (χ4n) is 5.02. The van der Waals surface area contributed by atoms with Crippen molar-refractivity contribution in [3.05, 3.63) is 71.3 Å². The van der Waals surface area contributed by atoms with Crippen LogP contribution in [0.1, 0.15) is 34.4 Å². The lowest BCUT2D eigenvalue weighted by Gasteiger charge is -2.34. The number of piperazine rings is 1. The van der Waals surface area contributed by atoms with Crippen LogP contribution in [0.15, 0.2) is 48.7 Å². The predicted molar refractivity (Wildman–Crippen MR) is 142 cm³/mol. The molecule has 3 aromatic heterocycles. The SMILES string of the molecule is CC(=O)N1CCN(Cc2ccc3[nH]c(C(=O)c4cnn(-c5ccc6nc(C)[nH]c6c5)c4N)cc3c2)CC1. The van der Waals surface area contributed by atoms with Gasteiger partial charge >= 0.3 is 0 Å². The van der Waals surface area contributed by atoms with Crippen LogP contribution in [-0.2, 0) is 11.3 Å². The van der Waals surface area contributed by atoms with Gasteiger partial charge in [-0.1, -0.05) is 6.07 Å². The molecule has 0 atom stereocenters. The van der Waals surface area contributed by atoms with E-state index in [0.29, 0.717) is 11.3 Å². The molecule has 4 N–H and O–H groups in total. The Morgan fingerprint density at radius 1 is 1.00 bits per heavy atom. The number of rotatable bonds is 5. The highest BCUT2D eigenvalue weighted by Gasteiger charge is 2.21. The maximum atomic E-state index is 13.4. The largest absolute Gasteiger partial charge is 0.383 e. The van der Waals surface area contributed by atoms with Gasteiger partial charge < -0.3 is 20.6 Å². The first-order valence-electron chi connectivity index (χ1n) is 12.3. The summed E-state index contributed by atoms with van der Waals surface area (Å²) in [5.41, 5.74) is 11.7. The second-order valence-electron chi connectivity index (χ2n) is 9.59. The van der Waals surface area contributed by atoms with Gasteiger partial charge in [-0.3, -0.25) is 14.5 Å². The Balaban J connectivity index is 1.21. The van der Waals surface area contributed by atoms with Gasteiger partial charge in [0.1, 0.15) is 11.6 Å². The number of anilines is 1. The molecule has 0 aliphatic carbocycles. The van der Waals surface area contributed by atoms with Gasteiger partial charge in [0.05, 0.1) is 34.2 Å². The van der Waals surface area contributed by atoms with Crippen LogP contribution in [0.25, 0.3) is 27.6 Å². The first-order valence-corrected chi connectivity index (χ1v) is 12.3. The van der Waals surface area contributed by atoms with Gasteiger partial charge in [-0.05, 0) is 48.9 Å². The van der Waals surface area contributed by atoms with Crippen LogP contribution in [0.3, 0.4) is 0 Å². The molecule has 188 valence electrons. The number of hydrogen-bond acceptors (Lipinski definition) is 6. The first-order chi connectivity index (χ1) is 17.9. The van der Waals surface area contributed by atoms with Crippen LogP contribution in [0, 0.1) is 6.92 Å². The Bertz CT molecular complexity index is 1650. The van der Waals surface area contributed by atoms with E-state index in [-0.39, 0.29) is 17.5 Å². The number of nitrogens with two attached hydrogens (primary N) is 1. The van der Waals surface area contributed by atoms with Crippen molar-refractivity contribution < 1.29 is 9.59 Å². The number of carbonyl (C=O) groups excluding carboxylic acids is 2. The van der Waals surface area contributed by atoms with E-state index in [1.807, 2.05) is 42.2 Å². The lowest BCUT2D eigenvalue weighted by Crippen LogP contribution is -2.47. The minimum absolute atomic E-state index is 0.130. The molecule has 0 spiro atoms. The van der Waals surface area contributed by atoms with Crippen LogP contribution >= 0.6 is 0 Å². The number of aromatic nitrogens is 5. The van der Waals surface area contributed by atoms with E-state index in [1.54, 1.807) is 11.6 Å². The monoisotopic (exact) mass is 496 g/mol. The highest BCUT2D eigenvalue weighted by atomic mass is 16.2. The van der Waals surface area contributed by atoms with E-state index in [0.717, 1.165) is 66.2 Å². The summed E-state index contributed by atoms with van der Waals surface area (Å²) in [6.07, 6.45) is 1.51. The molecule has 5 aromatic rings. The zero-order chi connectivity index (χ0) is 25.7. The predicted octanol–water partition coefficient (Wildman–Crippen LogP) is 3.02. The standard InChI is InChI=1S/C27H28N8O2/c1-16-30-23-6-4-20(13-24(23)31-16)35-27(28)21(14-29-35)26(37)25-12-19-11-18(3-5-22(19)32-25)15-33-7-9-34(10-8-33)17(2)36/h3-6,11-14,32H,7-10,15,28H2,1-2H3,(H,30,31). The lowest BCUT2D eigenvalue weighted by molar-refractivity contribution is -0.130. The van der Waals surface area contributed by atoms with Crippen LogP contribution in [0.5, 0.6) is 0 Å². The van der Waals surface area contributed by atoms with Gasteiger partial charge in [-0.2, -0.15) is 5.10 Å². The van der Waals surface area contributed by atoms with Gasteiger partial charge in [-0.15, -0.1) is 0 Å². The number of imidazole rings is 1. The normalized spacial score (nSPS) is 14.6. The maximum Gasteiger partial charge on any atom is 0.219 e. The third-order valence-electron chi connectivity index (χ3n) is 7.03. The maximum absolute atomic E-state index is 13.4. The fourth-order valence-corrected chi connectivity index (χ4v) is 5.02. The Labute approximate surface area is 213 Å². The van der Waals surface area contributed by atoms with E-state index in [4.69, 9.17) is 5.73 Å². The molecule has 10 nitrogen and oxygen atoms in total. The van der Waals surface area contributed by atoms with Crippen molar-refractivity contribution in [3.63, 3.8) is 0 Å². The quantitative estimate of drug-likeness (QED) is 0.321. The number of aryl methyl sites for hydroxylation is 1. The number of carbonyl (C=O) groups is 2. The van der Waals surface area contributed by atoms with Crippen molar-refractivity contribution in [2.75, 3.05) is 31.9 Å². The lowest BCUT2D eigenvalue weighted by atomic mass is 10.1. The molecule has 2 aromatic carbocycles. The molecular formula is C27H28N8O2. The van der Waals surface area contributed by atoms with Crippen molar-refractivity contribution in [1.82, 2.24) is 34.5 Å². The summed E-state index contributed by atoms with van der Waals surface area (Å²) >= 11 is 0. The van der Waals surface area contributed by atoms with E-state index in [9.17, 15) is 9.59 Å². The molecule has 0 unspecified atom stereocenters. The second-order valence-corrected chi connectivity index (χ2v) is 9.59. The Morgan fingerprint density at radius 2 is 1.81 bits per heavy atom. The van der Waals surface area contributed by atoms with Crippen molar-refractivity contribution >= 4 is 39.4 Å². The Hall–Kier alpha value is -4.44. The molecule has 0 radical (unpaired) electrons. The van der Waals surface area contributed by atoms with Crippen LogP contribution in [0.4, 0.5) is 5.82 Å². The van der Waals surface area contributed by atoms with Gasteiger partial charge in [0, 0.05) is 50.6 Å². The molecule has 0 bridgehead atoms. The van der Waals surface area contributed by atoms with Crippen molar-refractivity contribution in [3.8, 4) is 5.69 Å². The summed E-state index contributed by atoms with van der Waals surface area (Å²) in [6, 6.07) is 13.7. The number of benzene rings is 2. The fraction of sp³-hybridized carbons (Fsp3) is 0.259. The summed E-state index contributed by atoms with van der Waals surface area (Å²) in [6.45, 7) is 7.54. The molecule has 10 heteroatoms. The number of amides is 1. The van der Waals surface area contributed by atoms with Gasteiger partial charge in [0.2, 0.25) is 11.7 Å². The smallest absolute Gasteiger partial charge is 0.219 e. The molecule has 1 aliphatic rings. The summed E-state index contributed by atoms with van der Waals surface area (Å²) in [5.74, 6) is 1.03. The summed E-state index contributed by atoms with van der Waals surface area (Å²) in [4.78, 5) is 40.0. The summed E-state index contributed by atoms with van der Waals surface area (Å²) in [5, 5.41) is 5.35. The molecule has 6 rings (SSSR count). The number of fused-ring (bicyclic) bond motifs is 2. The van der Waals surface area contributed by atoms with Crippen LogP contribution in [-0.4, -0.2) is 72.4 Å². The number of nitrogens with one attached hydrogen (secondary N) is 2. The van der Waals surface area contributed by atoms with Gasteiger partial charge in [0.15, 0.2) is 0 Å². The third kappa shape index (κ3) is 4.25.